The Bertz CT molecular complexity index is 418. The quantitative estimate of drug-likeness (QED) is 0.699. The predicted octanol–water partition coefficient (Wildman–Crippen LogP) is 0.280. The second-order valence-electron chi connectivity index (χ2n) is 3.56. The van der Waals surface area contributed by atoms with Crippen LogP contribution in [-0.2, 0) is 4.79 Å². The van der Waals surface area contributed by atoms with Crippen molar-refractivity contribution < 1.29 is 14.3 Å². The number of nitrogens with two attached hydrogens (primary N) is 2. The molecule has 5 N–H and O–H groups in total. The van der Waals surface area contributed by atoms with Crippen LogP contribution in [0.25, 0.3) is 0 Å². The number of benzene rings is 1. The summed E-state index contributed by atoms with van der Waals surface area (Å²) in [5, 5.41) is 1.90. The number of hydrogen-bond acceptors (Lipinski definition) is 4. The number of urea groups is 1. The van der Waals surface area contributed by atoms with Crippen LogP contribution in [0.3, 0.4) is 0 Å². The summed E-state index contributed by atoms with van der Waals surface area (Å²) in [7, 11) is 0. The molecule has 0 spiro atoms. The minimum Gasteiger partial charge on any atom is -0.484 e. The van der Waals surface area contributed by atoms with Gasteiger partial charge in [-0.05, 0) is 24.6 Å². The van der Waals surface area contributed by atoms with Gasteiger partial charge in [0.05, 0.1) is 0 Å². The van der Waals surface area contributed by atoms with Gasteiger partial charge in [-0.15, -0.1) is 0 Å². The average Bonchev–Trinajstić information content (AvgIpc) is 2.26. The first-order chi connectivity index (χ1) is 7.99. The van der Waals surface area contributed by atoms with Crippen molar-refractivity contribution in [2.45, 2.75) is 13.0 Å². The summed E-state index contributed by atoms with van der Waals surface area (Å²) in [5.74, 6) is -0.0804. The number of imide groups is 1. The summed E-state index contributed by atoms with van der Waals surface area (Å²) < 4.78 is 5.18. The molecule has 1 aromatic rings. The van der Waals surface area contributed by atoms with E-state index in [-0.39, 0.29) is 12.6 Å². The van der Waals surface area contributed by atoms with Gasteiger partial charge in [-0.1, -0.05) is 12.1 Å². The normalized spacial score (nSPS) is 11.6. The highest BCUT2D eigenvalue weighted by Crippen LogP contribution is 2.17. The van der Waals surface area contributed by atoms with E-state index in [1.807, 2.05) is 18.3 Å². The van der Waals surface area contributed by atoms with E-state index in [4.69, 9.17) is 16.2 Å². The van der Waals surface area contributed by atoms with Crippen LogP contribution in [0, 0.1) is 0 Å². The van der Waals surface area contributed by atoms with E-state index < -0.39 is 11.9 Å². The molecule has 0 aromatic heterocycles. The summed E-state index contributed by atoms with van der Waals surface area (Å²) in [6.45, 7) is 1.57. The van der Waals surface area contributed by atoms with Gasteiger partial charge in [0.15, 0.2) is 6.61 Å². The largest absolute Gasteiger partial charge is 0.484 e. The maximum absolute atomic E-state index is 11.1. The first-order valence-electron chi connectivity index (χ1n) is 5.06. The molecule has 17 heavy (non-hydrogen) atoms. The van der Waals surface area contributed by atoms with E-state index in [1.165, 1.54) is 0 Å². The number of rotatable bonds is 4. The second-order valence-corrected chi connectivity index (χ2v) is 3.56. The van der Waals surface area contributed by atoms with Crippen LogP contribution in [-0.4, -0.2) is 18.5 Å². The lowest BCUT2D eigenvalue weighted by molar-refractivity contribution is -0.121. The summed E-state index contributed by atoms with van der Waals surface area (Å²) in [6, 6.07) is 6.06. The number of nitrogens with one attached hydrogen (secondary N) is 1. The molecule has 0 fully saturated rings. The number of primary amides is 1. The van der Waals surface area contributed by atoms with Gasteiger partial charge < -0.3 is 16.2 Å². The first kappa shape index (κ1) is 13.0. The molecule has 92 valence electrons. The molecular formula is C11H15N3O3. The molecule has 0 bridgehead atoms. The van der Waals surface area contributed by atoms with E-state index in [1.54, 1.807) is 18.2 Å². The molecule has 1 atom stereocenters. The Balaban J connectivity index is 2.54. The van der Waals surface area contributed by atoms with Crippen molar-refractivity contribution in [3.05, 3.63) is 29.8 Å². The zero-order chi connectivity index (χ0) is 12.8. The second kappa shape index (κ2) is 5.86. The molecule has 0 saturated heterocycles. The monoisotopic (exact) mass is 237 g/mol. The number of ether oxygens (including phenoxy) is 1. The van der Waals surface area contributed by atoms with Gasteiger partial charge >= 0.3 is 6.03 Å². The summed E-state index contributed by atoms with van der Waals surface area (Å²) in [6.07, 6.45) is 0. The van der Waals surface area contributed by atoms with Crippen molar-refractivity contribution >= 4 is 11.9 Å². The third kappa shape index (κ3) is 4.52. The molecule has 6 nitrogen and oxygen atoms in total. The van der Waals surface area contributed by atoms with Gasteiger partial charge in [-0.25, -0.2) is 4.79 Å². The fourth-order valence-electron chi connectivity index (χ4n) is 1.21. The van der Waals surface area contributed by atoms with Gasteiger partial charge in [-0.2, -0.15) is 0 Å². The van der Waals surface area contributed by atoms with Crippen LogP contribution in [0.1, 0.15) is 18.5 Å². The topological polar surface area (TPSA) is 107 Å². The third-order valence-corrected chi connectivity index (χ3v) is 2.02. The summed E-state index contributed by atoms with van der Waals surface area (Å²) in [4.78, 5) is 21.5. The lowest BCUT2D eigenvalue weighted by atomic mass is 10.1. The Hall–Kier alpha value is -2.08. The number of carbonyl (C=O) groups excluding carboxylic acids is 2. The maximum Gasteiger partial charge on any atom is 0.318 e. The van der Waals surface area contributed by atoms with E-state index in [9.17, 15) is 9.59 Å². The van der Waals surface area contributed by atoms with E-state index >= 15 is 0 Å². The third-order valence-electron chi connectivity index (χ3n) is 2.02. The fraction of sp³-hybridized carbons (Fsp3) is 0.273. The van der Waals surface area contributed by atoms with Crippen LogP contribution < -0.4 is 21.5 Å². The molecule has 0 heterocycles. The van der Waals surface area contributed by atoms with Gasteiger partial charge in [-0.3, -0.25) is 10.1 Å². The fourth-order valence-corrected chi connectivity index (χ4v) is 1.21. The Kier molecular flexibility index (Phi) is 4.47. The minimum absolute atomic E-state index is 0.113. The molecule has 3 amide bonds. The van der Waals surface area contributed by atoms with Crippen LogP contribution in [0.15, 0.2) is 24.3 Å². The number of hydrogen-bond donors (Lipinski definition) is 3. The highest BCUT2D eigenvalue weighted by molar-refractivity contribution is 5.94. The Morgan fingerprint density at radius 3 is 2.76 bits per heavy atom. The molecular weight excluding hydrogens is 222 g/mol. The van der Waals surface area contributed by atoms with Crippen molar-refractivity contribution in [3.8, 4) is 5.75 Å². The molecule has 0 saturated carbocycles. The molecule has 0 unspecified atom stereocenters. The zero-order valence-corrected chi connectivity index (χ0v) is 9.47. The minimum atomic E-state index is -0.900. The standard InChI is InChI=1S/C11H15N3O3/c1-7(12)8-3-2-4-9(5-8)17-6-10(15)14-11(13)16/h2-5,7H,6,12H2,1H3,(H3,13,14,15,16)/t7-/m1/s1. The van der Waals surface area contributed by atoms with Crippen molar-refractivity contribution in [2.75, 3.05) is 6.61 Å². The molecule has 0 aliphatic heterocycles. The van der Waals surface area contributed by atoms with E-state index in [2.05, 4.69) is 0 Å². The van der Waals surface area contributed by atoms with Gasteiger partial charge in [0.25, 0.3) is 5.91 Å². The van der Waals surface area contributed by atoms with E-state index in [0.717, 1.165) is 5.56 Å². The first-order valence-corrected chi connectivity index (χ1v) is 5.06. The van der Waals surface area contributed by atoms with Gasteiger partial charge in [0.2, 0.25) is 0 Å². The SMILES string of the molecule is C[C@@H](N)c1cccc(OCC(=O)NC(N)=O)c1. The van der Waals surface area contributed by atoms with Crippen molar-refractivity contribution in [1.82, 2.24) is 5.32 Å². The van der Waals surface area contributed by atoms with Crippen LogP contribution >= 0.6 is 0 Å². The molecule has 0 aliphatic carbocycles. The van der Waals surface area contributed by atoms with Crippen LogP contribution in [0.4, 0.5) is 4.79 Å². The highest BCUT2D eigenvalue weighted by Gasteiger charge is 2.06. The molecule has 6 heteroatoms. The summed E-state index contributed by atoms with van der Waals surface area (Å²) in [5.41, 5.74) is 11.4. The van der Waals surface area contributed by atoms with Crippen molar-refractivity contribution in [1.29, 1.82) is 0 Å². The molecule has 0 aliphatic rings. The molecule has 1 rings (SSSR count). The molecule has 1 aromatic carbocycles. The lowest BCUT2D eigenvalue weighted by Crippen LogP contribution is -2.38. The van der Waals surface area contributed by atoms with Crippen LogP contribution in [0.5, 0.6) is 5.75 Å². The zero-order valence-electron chi connectivity index (χ0n) is 9.47. The Morgan fingerprint density at radius 1 is 1.47 bits per heavy atom. The van der Waals surface area contributed by atoms with Crippen LogP contribution in [0.2, 0.25) is 0 Å². The van der Waals surface area contributed by atoms with Crippen molar-refractivity contribution in [2.24, 2.45) is 11.5 Å². The lowest BCUT2D eigenvalue weighted by Gasteiger charge is -2.09. The Labute approximate surface area is 98.9 Å². The highest BCUT2D eigenvalue weighted by atomic mass is 16.5. The van der Waals surface area contributed by atoms with Gasteiger partial charge in [0.1, 0.15) is 5.75 Å². The average molecular weight is 237 g/mol. The predicted molar refractivity (Wildman–Crippen MR) is 62.3 cm³/mol. The summed E-state index contributed by atoms with van der Waals surface area (Å²) >= 11 is 0. The number of carbonyl (C=O) groups is 2. The van der Waals surface area contributed by atoms with E-state index in [0.29, 0.717) is 5.75 Å². The Morgan fingerprint density at radius 2 is 2.18 bits per heavy atom. The number of amides is 3. The molecule has 0 radical (unpaired) electrons. The van der Waals surface area contributed by atoms with Gasteiger partial charge in [0, 0.05) is 6.04 Å². The smallest absolute Gasteiger partial charge is 0.318 e. The van der Waals surface area contributed by atoms with Crippen molar-refractivity contribution in [3.63, 3.8) is 0 Å². The maximum atomic E-state index is 11.1.